The fourth-order valence-electron chi connectivity index (χ4n) is 7.20. The second kappa shape index (κ2) is 10.1. The van der Waals surface area contributed by atoms with Crippen molar-refractivity contribution >= 4 is 33.0 Å². The molecule has 0 aromatic heterocycles. The Labute approximate surface area is 240 Å². The molecule has 5 atom stereocenters. The number of benzene rings is 2. The van der Waals surface area contributed by atoms with Crippen LogP contribution in [-0.2, 0) is 19.4 Å². The van der Waals surface area contributed by atoms with E-state index in [1.165, 1.54) is 0 Å². The Kier molecular flexibility index (Phi) is 6.61. The third-order valence-corrected chi connectivity index (χ3v) is 12.5. The largest absolute Gasteiger partial charge is 0.371 e. The first kappa shape index (κ1) is 26.9. The maximum atomic E-state index is 14.2. The van der Waals surface area contributed by atoms with Crippen LogP contribution in [0.2, 0.25) is 0 Å². The number of hydrogen-bond donors (Lipinski definition) is 3. The van der Waals surface area contributed by atoms with Crippen LogP contribution in [0, 0.1) is 5.92 Å². The standard InChI is InChI=1S/C30H37N5O5S/c36-28(31-21-4-2-1-3-5-21)20-12-15-33(16-13-20)22-8-10-24(11-9-22)41(39,40)30(29(37)32-38)14-17-34(23-6-7-23)25(18-30)27-26-19-35(26)27/h1-5,8-11,20,23,25-27,38H,6-7,12-19H2,(H,31,36)(H,32,37)/t25?,26-,27?,30?,35?/m0/s1. The summed E-state index contributed by atoms with van der Waals surface area (Å²) in [5.74, 6) is -0.885. The molecule has 5 aliphatic rings. The van der Waals surface area contributed by atoms with E-state index in [4.69, 9.17) is 0 Å². The lowest BCUT2D eigenvalue weighted by Gasteiger charge is -2.45. The second-order valence-electron chi connectivity index (χ2n) is 12.3. The number of amides is 2. The van der Waals surface area contributed by atoms with E-state index in [-0.39, 0.29) is 35.6 Å². The highest BCUT2D eigenvalue weighted by Crippen LogP contribution is 2.53. The summed E-state index contributed by atoms with van der Waals surface area (Å²) < 4.78 is 26.6. The molecule has 1 aliphatic carbocycles. The monoisotopic (exact) mass is 579 g/mol. The van der Waals surface area contributed by atoms with E-state index >= 15 is 0 Å². The molecule has 218 valence electrons. The van der Waals surface area contributed by atoms with Crippen LogP contribution in [0.25, 0.3) is 0 Å². The normalized spacial score (nSPS) is 31.7. The predicted octanol–water partition coefficient (Wildman–Crippen LogP) is 2.25. The first-order chi connectivity index (χ1) is 19.8. The van der Waals surface area contributed by atoms with Crippen molar-refractivity contribution in [2.24, 2.45) is 5.92 Å². The first-order valence-electron chi connectivity index (χ1n) is 14.7. The smallest absolute Gasteiger partial charge is 0.265 e. The summed E-state index contributed by atoms with van der Waals surface area (Å²) in [6, 6.07) is 17.5. The number of sulfone groups is 1. The minimum Gasteiger partial charge on any atom is -0.371 e. The van der Waals surface area contributed by atoms with Crippen LogP contribution < -0.4 is 15.7 Å². The van der Waals surface area contributed by atoms with Crippen LogP contribution in [0.1, 0.15) is 38.5 Å². The number of rotatable bonds is 8. The summed E-state index contributed by atoms with van der Waals surface area (Å²) >= 11 is 0. The molecule has 4 aliphatic heterocycles. The van der Waals surface area contributed by atoms with E-state index in [1.54, 1.807) is 29.7 Å². The zero-order valence-corrected chi connectivity index (χ0v) is 23.8. The summed E-state index contributed by atoms with van der Waals surface area (Å²) in [6.07, 6.45) is 4.00. The second-order valence-corrected chi connectivity index (χ2v) is 14.6. The average molecular weight is 580 g/mol. The van der Waals surface area contributed by atoms with Crippen molar-refractivity contribution in [1.29, 1.82) is 0 Å². The van der Waals surface area contributed by atoms with Crippen molar-refractivity contribution < 1.29 is 23.2 Å². The molecule has 7 rings (SSSR count). The zero-order chi connectivity index (χ0) is 28.4. The van der Waals surface area contributed by atoms with E-state index < -0.39 is 20.5 Å². The lowest BCUT2D eigenvalue weighted by atomic mass is 9.86. The predicted molar refractivity (Wildman–Crippen MR) is 153 cm³/mol. The molecule has 4 heterocycles. The molecule has 1 saturated carbocycles. The van der Waals surface area contributed by atoms with E-state index in [0.29, 0.717) is 50.6 Å². The van der Waals surface area contributed by atoms with Gasteiger partial charge in [-0.05, 0) is 74.9 Å². The van der Waals surface area contributed by atoms with Gasteiger partial charge in [-0.15, -0.1) is 0 Å². The van der Waals surface area contributed by atoms with Gasteiger partial charge in [0.1, 0.15) is 0 Å². The van der Waals surface area contributed by atoms with Gasteiger partial charge in [0.2, 0.25) is 5.91 Å². The first-order valence-corrected chi connectivity index (χ1v) is 16.2. The third-order valence-electron chi connectivity index (χ3n) is 9.98. The zero-order valence-electron chi connectivity index (χ0n) is 23.0. The van der Waals surface area contributed by atoms with Gasteiger partial charge in [0, 0.05) is 67.6 Å². The van der Waals surface area contributed by atoms with Gasteiger partial charge in [0.25, 0.3) is 5.91 Å². The number of piperidine rings is 2. The highest BCUT2D eigenvalue weighted by atomic mass is 32.2. The molecule has 3 N–H and O–H groups in total. The van der Waals surface area contributed by atoms with Crippen LogP contribution >= 0.6 is 0 Å². The van der Waals surface area contributed by atoms with Crippen LogP contribution in [0.3, 0.4) is 0 Å². The number of carbonyl (C=O) groups is 2. The number of nitrogens with one attached hydrogen (secondary N) is 2. The van der Waals surface area contributed by atoms with Gasteiger partial charge in [-0.2, -0.15) is 0 Å². The summed E-state index contributed by atoms with van der Waals surface area (Å²) in [6.45, 7) is 2.97. The Bertz CT molecular complexity index is 1420. The van der Waals surface area contributed by atoms with Gasteiger partial charge < -0.3 is 10.2 Å². The van der Waals surface area contributed by atoms with E-state index in [2.05, 4.69) is 20.0 Å². The molecular weight excluding hydrogens is 542 g/mol. The van der Waals surface area contributed by atoms with Crippen LogP contribution in [0.5, 0.6) is 0 Å². The minimum atomic E-state index is -4.09. The highest BCUT2D eigenvalue weighted by Gasteiger charge is 2.69. The molecule has 0 radical (unpaired) electrons. The highest BCUT2D eigenvalue weighted by molar-refractivity contribution is 7.93. The number of likely N-dealkylation sites (tertiary alicyclic amines) is 1. The molecule has 5 fully saturated rings. The minimum absolute atomic E-state index is 0.00161. The summed E-state index contributed by atoms with van der Waals surface area (Å²) in [4.78, 5) is 32.9. The number of nitrogens with zero attached hydrogens (tertiary/aromatic N) is 3. The molecule has 11 heteroatoms. The van der Waals surface area contributed by atoms with Gasteiger partial charge in [-0.25, -0.2) is 13.9 Å². The Balaban J connectivity index is 1.05. The van der Waals surface area contributed by atoms with E-state index in [9.17, 15) is 23.2 Å². The van der Waals surface area contributed by atoms with Crippen molar-refractivity contribution in [2.75, 3.05) is 36.4 Å². The maximum absolute atomic E-state index is 14.2. The van der Waals surface area contributed by atoms with E-state index in [0.717, 1.165) is 30.8 Å². The van der Waals surface area contributed by atoms with Crippen LogP contribution in [0.4, 0.5) is 11.4 Å². The van der Waals surface area contributed by atoms with Crippen molar-refractivity contribution in [3.63, 3.8) is 0 Å². The van der Waals surface area contributed by atoms with Crippen molar-refractivity contribution in [1.82, 2.24) is 15.3 Å². The van der Waals surface area contributed by atoms with E-state index in [1.807, 2.05) is 30.3 Å². The molecule has 0 bridgehead atoms. The van der Waals surface area contributed by atoms with Gasteiger partial charge in [-0.3, -0.25) is 24.6 Å². The van der Waals surface area contributed by atoms with Gasteiger partial charge in [0.05, 0.1) is 4.90 Å². The van der Waals surface area contributed by atoms with Gasteiger partial charge >= 0.3 is 0 Å². The molecule has 4 saturated heterocycles. The van der Waals surface area contributed by atoms with Gasteiger partial charge in [-0.1, -0.05) is 18.2 Å². The fourth-order valence-corrected chi connectivity index (χ4v) is 9.19. The quantitative estimate of drug-likeness (QED) is 0.247. The average Bonchev–Trinajstić information content (AvgIpc) is 3.88. The van der Waals surface area contributed by atoms with Crippen molar-refractivity contribution in [3.05, 3.63) is 54.6 Å². The molecule has 2 aromatic carbocycles. The molecule has 41 heavy (non-hydrogen) atoms. The molecule has 4 unspecified atom stereocenters. The Morgan fingerprint density at radius 3 is 2.15 bits per heavy atom. The molecule has 10 nitrogen and oxygen atoms in total. The number of anilines is 2. The third kappa shape index (κ3) is 4.72. The number of fused-ring (bicyclic) bond motifs is 1. The topological polar surface area (TPSA) is 122 Å². The molecule has 0 spiro atoms. The van der Waals surface area contributed by atoms with Crippen molar-refractivity contribution in [2.45, 2.75) is 72.3 Å². The Morgan fingerprint density at radius 2 is 1.56 bits per heavy atom. The number of para-hydroxylation sites is 1. The molecular formula is C30H37N5O5S. The molecule has 2 amide bonds. The number of hydrogen-bond acceptors (Lipinski definition) is 8. The van der Waals surface area contributed by atoms with Crippen molar-refractivity contribution in [3.8, 4) is 0 Å². The lowest BCUT2D eigenvalue weighted by Crippen LogP contribution is -2.63. The maximum Gasteiger partial charge on any atom is 0.265 e. The molecule has 2 aromatic rings. The Morgan fingerprint density at radius 1 is 0.878 bits per heavy atom. The number of hydroxylamine groups is 1. The summed E-state index contributed by atoms with van der Waals surface area (Å²) in [7, 11) is -4.09. The SMILES string of the molecule is O=C(Nc1ccccc1)C1CCN(c2ccc(S(=O)(=O)C3(C(=O)NO)CCN(C4CC4)C(C4[C@@H]5CN45)C3)cc2)CC1. The summed E-state index contributed by atoms with van der Waals surface area (Å²) in [5, 5.41) is 12.7. The number of carbonyl (C=O) groups excluding carboxylic acids is 2. The van der Waals surface area contributed by atoms with Crippen LogP contribution in [-0.4, -0.2) is 90.3 Å². The summed E-state index contributed by atoms with van der Waals surface area (Å²) in [5.41, 5.74) is 3.39. The van der Waals surface area contributed by atoms with Crippen LogP contribution in [0.15, 0.2) is 59.5 Å². The van der Waals surface area contributed by atoms with Gasteiger partial charge in [0.15, 0.2) is 14.6 Å². The fraction of sp³-hybridized carbons (Fsp3) is 0.533. The Hall–Kier alpha value is -2.99. The lowest BCUT2D eigenvalue weighted by molar-refractivity contribution is -0.134.